The van der Waals surface area contributed by atoms with E-state index in [1.807, 2.05) is 44.4 Å². The highest BCUT2D eigenvalue weighted by molar-refractivity contribution is 7.98. The van der Waals surface area contributed by atoms with Crippen LogP contribution < -0.4 is 10.6 Å². The predicted molar refractivity (Wildman–Crippen MR) is 149 cm³/mol. The number of amides is 2. The van der Waals surface area contributed by atoms with Crippen molar-refractivity contribution in [1.29, 1.82) is 0 Å². The molecule has 3 N–H and O–H groups in total. The first-order chi connectivity index (χ1) is 17.1. The maximum atomic E-state index is 13.3. The second kappa shape index (κ2) is 12.7. The number of hydrogen-bond donors (Lipinski definition) is 4. The van der Waals surface area contributed by atoms with Gasteiger partial charge in [0.2, 0.25) is 11.8 Å². The molecular weight excluding hydrogens is 492 g/mol. The summed E-state index contributed by atoms with van der Waals surface area (Å²) >= 11 is 6.10. The van der Waals surface area contributed by atoms with Crippen LogP contribution in [0.15, 0.2) is 53.4 Å². The van der Waals surface area contributed by atoms with Gasteiger partial charge < -0.3 is 15.7 Å². The fourth-order valence-electron chi connectivity index (χ4n) is 4.61. The van der Waals surface area contributed by atoms with Crippen molar-refractivity contribution < 1.29 is 19.5 Å². The highest BCUT2D eigenvalue weighted by Crippen LogP contribution is 2.31. The molecule has 2 aromatic rings. The van der Waals surface area contributed by atoms with Gasteiger partial charge in [-0.2, -0.15) is 12.6 Å². The molecule has 0 aliphatic heterocycles. The number of carbonyl (C=O) groups is 3. The lowest BCUT2D eigenvalue weighted by atomic mass is 9.94. The van der Waals surface area contributed by atoms with Crippen molar-refractivity contribution >= 4 is 42.2 Å². The van der Waals surface area contributed by atoms with Gasteiger partial charge in [0.25, 0.3) is 0 Å². The molecule has 8 heteroatoms. The third kappa shape index (κ3) is 7.29. The van der Waals surface area contributed by atoms with Crippen LogP contribution in [0, 0.1) is 5.92 Å². The van der Waals surface area contributed by atoms with Gasteiger partial charge in [-0.25, -0.2) is 4.79 Å². The number of rotatable bonds is 11. The summed E-state index contributed by atoms with van der Waals surface area (Å²) in [5.41, 5.74) is 1.85. The van der Waals surface area contributed by atoms with Crippen LogP contribution in [0.5, 0.6) is 0 Å². The van der Waals surface area contributed by atoms with E-state index in [0.717, 1.165) is 29.5 Å². The van der Waals surface area contributed by atoms with Gasteiger partial charge >= 0.3 is 5.97 Å². The van der Waals surface area contributed by atoms with Crippen LogP contribution in [-0.2, 0) is 20.8 Å². The van der Waals surface area contributed by atoms with Gasteiger partial charge in [0.15, 0.2) is 0 Å². The average molecular weight is 529 g/mol. The molecule has 2 amide bonds. The number of carbonyl (C=O) groups excluding carboxylic acids is 2. The predicted octanol–water partition coefficient (Wildman–Crippen LogP) is 4.96. The van der Waals surface area contributed by atoms with E-state index < -0.39 is 28.7 Å². The van der Waals surface area contributed by atoms with Gasteiger partial charge in [-0.3, -0.25) is 9.59 Å². The Morgan fingerprint density at radius 2 is 1.56 bits per heavy atom. The molecule has 1 aliphatic carbocycles. The Bertz CT molecular complexity index is 1050. The van der Waals surface area contributed by atoms with Gasteiger partial charge in [0.05, 0.1) is 5.25 Å². The number of hydrogen-bond acceptors (Lipinski definition) is 5. The molecule has 194 valence electrons. The van der Waals surface area contributed by atoms with Crippen LogP contribution in [0.1, 0.15) is 51.5 Å². The maximum Gasteiger partial charge on any atom is 0.326 e. The quantitative estimate of drug-likeness (QED) is 0.244. The molecule has 2 aromatic carbocycles. The molecule has 0 aromatic heterocycles. The lowest BCUT2D eigenvalue weighted by Crippen LogP contribution is -2.61. The van der Waals surface area contributed by atoms with Crippen molar-refractivity contribution in [3.63, 3.8) is 0 Å². The minimum atomic E-state index is -1.11. The molecular formula is C28H36N2O4S2. The van der Waals surface area contributed by atoms with Crippen LogP contribution in [0.2, 0.25) is 0 Å². The van der Waals surface area contributed by atoms with Crippen LogP contribution in [0.25, 0.3) is 11.1 Å². The molecule has 0 saturated heterocycles. The topological polar surface area (TPSA) is 95.5 Å². The van der Waals surface area contributed by atoms with Crippen LogP contribution >= 0.6 is 24.4 Å². The van der Waals surface area contributed by atoms with E-state index in [-0.39, 0.29) is 12.3 Å². The zero-order valence-corrected chi connectivity index (χ0v) is 22.8. The first-order valence-electron chi connectivity index (χ1n) is 12.4. The summed E-state index contributed by atoms with van der Waals surface area (Å²) in [7, 11) is 0. The molecule has 0 radical (unpaired) electrons. The lowest BCUT2D eigenvalue weighted by Gasteiger charge is -2.31. The number of thiol groups is 1. The molecule has 36 heavy (non-hydrogen) atoms. The van der Waals surface area contributed by atoms with E-state index in [2.05, 4.69) is 47.5 Å². The summed E-state index contributed by atoms with van der Waals surface area (Å²) in [4.78, 5) is 39.3. The fourth-order valence-corrected chi connectivity index (χ4v) is 5.50. The Hall–Kier alpha value is -2.45. The van der Waals surface area contributed by atoms with E-state index in [9.17, 15) is 19.5 Å². The van der Waals surface area contributed by atoms with E-state index in [0.29, 0.717) is 25.2 Å². The third-order valence-electron chi connectivity index (χ3n) is 6.67. The Morgan fingerprint density at radius 3 is 2.06 bits per heavy atom. The summed E-state index contributed by atoms with van der Waals surface area (Å²) in [5.74, 6) is -1.52. The Morgan fingerprint density at radius 1 is 1.00 bits per heavy atom. The smallest absolute Gasteiger partial charge is 0.326 e. The van der Waals surface area contributed by atoms with E-state index in [1.165, 1.54) is 4.90 Å². The summed E-state index contributed by atoms with van der Waals surface area (Å²) in [6, 6.07) is 14.9. The molecule has 1 fully saturated rings. The minimum Gasteiger partial charge on any atom is -0.480 e. The van der Waals surface area contributed by atoms with Crippen LogP contribution in [0.4, 0.5) is 0 Å². The first-order valence-corrected chi connectivity index (χ1v) is 14.1. The molecule has 0 bridgehead atoms. The normalized spacial score (nSPS) is 16.4. The molecule has 6 nitrogen and oxygen atoms in total. The number of carboxylic acid groups (broad SMARTS) is 1. The molecule has 1 saturated carbocycles. The van der Waals surface area contributed by atoms with Crippen LogP contribution in [0.3, 0.4) is 0 Å². The van der Waals surface area contributed by atoms with Gasteiger partial charge in [-0.1, -0.05) is 63.1 Å². The van der Waals surface area contributed by atoms with Crippen molar-refractivity contribution in [1.82, 2.24) is 10.6 Å². The van der Waals surface area contributed by atoms with Crippen LogP contribution in [-0.4, -0.2) is 46.0 Å². The Kier molecular flexibility index (Phi) is 9.91. The molecule has 3 rings (SSSR count). The van der Waals surface area contributed by atoms with Gasteiger partial charge in [-0.05, 0) is 60.3 Å². The van der Waals surface area contributed by atoms with Gasteiger partial charge in [0.1, 0.15) is 11.6 Å². The number of thioether (sulfide) groups is 1. The summed E-state index contributed by atoms with van der Waals surface area (Å²) in [6.45, 7) is 4.03. The second-order valence-electron chi connectivity index (χ2n) is 9.92. The molecule has 0 spiro atoms. The minimum absolute atomic E-state index is 0.152. The fraction of sp³-hybridized carbons (Fsp3) is 0.464. The number of carboxylic acids is 1. The van der Waals surface area contributed by atoms with Crippen molar-refractivity contribution in [2.24, 2.45) is 5.92 Å². The van der Waals surface area contributed by atoms with Gasteiger partial charge in [0, 0.05) is 11.3 Å². The Labute approximate surface area is 223 Å². The Balaban J connectivity index is 1.69. The largest absolute Gasteiger partial charge is 0.480 e. The molecule has 1 aliphatic rings. The lowest BCUT2D eigenvalue weighted by molar-refractivity contribution is -0.143. The van der Waals surface area contributed by atoms with E-state index in [4.69, 9.17) is 0 Å². The monoisotopic (exact) mass is 528 g/mol. The summed E-state index contributed by atoms with van der Waals surface area (Å²) in [6.07, 6.45) is 5.36. The number of nitrogens with one attached hydrogen (secondary N) is 2. The molecule has 2 atom stereocenters. The third-order valence-corrected chi connectivity index (χ3v) is 7.86. The first kappa shape index (κ1) is 28.1. The summed E-state index contributed by atoms with van der Waals surface area (Å²) in [5, 5.41) is 15.0. The zero-order valence-electron chi connectivity index (χ0n) is 21.1. The SMILES string of the molecule is CSc1ccc(-c2ccc(CC(NC(=O)C3(NC(=O)C(S)CC(C)C)CCCC3)C(=O)O)cc2)cc1. The average Bonchev–Trinajstić information content (AvgIpc) is 3.33. The van der Waals surface area contributed by atoms with Gasteiger partial charge in [-0.15, -0.1) is 11.8 Å². The zero-order chi connectivity index (χ0) is 26.3. The maximum absolute atomic E-state index is 13.3. The van der Waals surface area contributed by atoms with Crippen molar-refractivity contribution in [3.8, 4) is 11.1 Å². The molecule has 0 heterocycles. The van der Waals surface area contributed by atoms with E-state index >= 15 is 0 Å². The van der Waals surface area contributed by atoms with Crippen molar-refractivity contribution in [3.05, 3.63) is 54.1 Å². The van der Waals surface area contributed by atoms with Crippen molar-refractivity contribution in [2.45, 2.75) is 74.1 Å². The number of benzene rings is 2. The van der Waals surface area contributed by atoms with Crippen molar-refractivity contribution in [2.75, 3.05) is 6.26 Å². The van der Waals surface area contributed by atoms with E-state index in [1.54, 1.807) is 11.8 Å². The number of aliphatic carboxylic acids is 1. The highest BCUT2D eigenvalue weighted by atomic mass is 32.2. The molecule has 2 unspecified atom stereocenters. The highest BCUT2D eigenvalue weighted by Gasteiger charge is 2.44. The standard InChI is InChI=1S/C28H36N2O4S2/c1-18(2)16-24(35)25(31)30-28(14-4-5-15-28)27(34)29-23(26(32)33)17-19-6-8-20(9-7-19)21-10-12-22(36-3)13-11-21/h6-13,18,23-24,35H,4-5,14-17H2,1-3H3,(H,29,34)(H,30,31)(H,32,33). The second-order valence-corrected chi connectivity index (χ2v) is 11.4. The summed E-state index contributed by atoms with van der Waals surface area (Å²) < 4.78 is 0.